The monoisotopic (exact) mass is 425 g/mol. The molecule has 1 aliphatic heterocycles. The van der Waals surface area contributed by atoms with Crippen LogP contribution in [0.3, 0.4) is 0 Å². The number of thiophene rings is 1. The second kappa shape index (κ2) is 8.17. The van der Waals surface area contributed by atoms with Gasteiger partial charge in [-0.2, -0.15) is 0 Å². The van der Waals surface area contributed by atoms with E-state index in [9.17, 15) is 4.79 Å². The highest BCUT2D eigenvalue weighted by atomic mass is 32.1. The predicted octanol–water partition coefficient (Wildman–Crippen LogP) is 6.18. The average molecular weight is 426 g/mol. The van der Waals surface area contributed by atoms with Gasteiger partial charge in [-0.05, 0) is 78.2 Å². The van der Waals surface area contributed by atoms with Gasteiger partial charge in [0.15, 0.2) is 0 Å². The molecular weight excluding hydrogens is 390 g/mol. The van der Waals surface area contributed by atoms with Crippen LogP contribution in [0.2, 0.25) is 0 Å². The molecule has 0 radical (unpaired) electrons. The molecule has 2 fully saturated rings. The molecule has 30 heavy (non-hydrogen) atoms. The van der Waals surface area contributed by atoms with Crippen molar-refractivity contribution in [1.29, 1.82) is 0 Å². The number of rotatable bonds is 3. The van der Waals surface area contributed by atoms with Crippen LogP contribution in [0, 0.1) is 29.1 Å². The molecular formula is C26H35NO2S. The van der Waals surface area contributed by atoms with Crippen molar-refractivity contribution < 1.29 is 9.53 Å². The van der Waals surface area contributed by atoms with E-state index < -0.39 is 0 Å². The van der Waals surface area contributed by atoms with Gasteiger partial charge < -0.3 is 9.64 Å². The van der Waals surface area contributed by atoms with E-state index in [0.717, 1.165) is 55.7 Å². The van der Waals surface area contributed by atoms with Gasteiger partial charge in [0.2, 0.25) is 5.91 Å². The largest absolute Gasteiger partial charge is 0.370 e. The Morgan fingerprint density at radius 2 is 2.00 bits per heavy atom. The predicted molar refractivity (Wildman–Crippen MR) is 125 cm³/mol. The van der Waals surface area contributed by atoms with E-state index in [1.165, 1.54) is 5.57 Å². The molecule has 1 saturated carbocycles. The fourth-order valence-electron chi connectivity index (χ4n) is 4.88. The first kappa shape index (κ1) is 21.7. The van der Waals surface area contributed by atoms with Crippen LogP contribution in [-0.4, -0.2) is 24.2 Å². The molecule has 1 aromatic heterocycles. The Bertz CT molecular complexity index is 880. The van der Waals surface area contributed by atoms with Crippen LogP contribution in [0.1, 0.15) is 78.0 Å². The third kappa shape index (κ3) is 4.84. The summed E-state index contributed by atoms with van der Waals surface area (Å²) in [6, 6.07) is 2.40. The van der Waals surface area contributed by atoms with Crippen molar-refractivity contribution in [2.45, 2.75) is 84.8 Å². The van der Waals surface area contributed by atoms with Crippen LogP contribution >= 0.6 is 11.3 Å². The van der Waals surface area contributed by atoms with E-state index in [1.807, 2.05) is 0 Å². The molecule has 162 valence electrons. The van der Waals surface area contributed by atoms with Gasteiger partial charge in [-0.25, -0.2) is 0 Å². The zero-order valence-electron chi connectivity index (χ0n) is 19.1. The first-order valence-corrected chi connectivity index (χ1v) is 12.3. The SMILES string of the molecule is CC1=CC[C@H](C(=O)N(c2csc(C#CC(C)(C)C)c2)[C@H]2CC[C@]3(CC2)CO3)[C@@H](C)C1. The minimum Gasteiger partial charge on any atom is -0.370 e. The third-order valence-corrected chi connectivity index (χ3v) is 7.65. The summed E-state index contributed by atoms with van der Waals surface area (Å²) in [6.07, 6.45) is 8.35. The molecule has 3 aliphatic rings. The third-order valence-electron chi connectivity index (χ3n) is 6.81. The quantitative estimate of drug-likeness (QED) is 0.329. The number of hydrogen-bond acceptors (Lipinski definition) is 3. The molecule has 4 heteroatoms. The highest BCUT2D eigenvalue weighted by Gasteiger charge is 2.48. The van der Waals surface area contributed by atoms with Crippen LogP contribution in [0.25, 0.3) is 0 Å². The van der Waals surface area contributed by atoms with Crippen LogP contribution in [0.4, 0.5) is 5.69 Å². The lowest BCUT2D eigenvalue weighted by Crippen LogP contribution is -2.47. The molecule has 1 amide bonds. The van der Waals surface area contributed by atoms with Gasteiger partial charge in [-0.3, -0.25) is 4.79 Å². The highest BCUT2D eigenvalue weighted by Crippen LogP contribution is 2.44. The summed E-state index contributed by atoms with van der Waals surface area (Å²) in [4.78, 5) is 17.0. The Balaban J connectivity index is 1.60. The van der Waals surface area contributed by atoms with Crippen LogP contribution in [0.5, 0.6) is 0 Å². The minimum absolute atomic E-state index is 0.0245. The molecule has 0 unspecified atom stereocenters. The molecule has 3 nitrogen and oxygen atoms in total. The van der Waals surface area contributed by atoms with Crippen molar-refractivity contribution >= 4 is 22.9 Å². The molecule has 1 spiro atoms. The molecule has 0 bridgehead atoms. The molecule has 2 aliphatic carbocycles. The van der Waals surface area contributed by atoms with Crippen LogP contribution in [0.15, 0.2) is 23.1 Å². The highest BCUT2D eigenvalue weighted by molar-refractivity contribution is 7.11. The zero-order chi connectivity index (χ0) is 21.5. The van der Waals surface area contributed by atoms with Gasteiger partial charge in [-0.15, -0.1) is 11.3 Å². The van der Waals surface area contributed by atoms with Crippen LogP contribution < -0.4 is 4.90 Å². The lowest BCUT2D eigenvalue weighted by Gasteiger charge is -2.39. The fourth-order valence-corrected chi connectivity index (χ4v) is 5.61. The number of hydrogen-bond donors (Lipinski definition) is 0. The Hall–Kier alpha value is -1.57. The summed E-state index contributed by atoms with van der Waals surface area (Å²) in [7, 11) is 0. The van der Waals surface area contributed by atoms with Gasteiger partial charge in [0.25, 0.3) is 0 Å². The van der Waals surface area contributed by atoms with Crippen LogP contribution in [-0.2, 0) is 9.53 Å². The fraction of sp³-hybridized carbons (Fsp3) is 0.654. The van der Waals surface area contributed by atoms with E-state index >= 15 is 0 Å². The zero-order valence-corrected chi connectivity index (χ0v) is 19.9. The lowest BCUT2D eigenvalue weighted by atomic mass is 9.79. The van der Waals surface area contributed by atoms with Gasteiger partial charge in [0.05, 0.1) is 22.8 Å². The normalized spacial score (nSPS) is 31.0. The maximum Gasteiger partial charge on any atom is 0.230 e. The van der Waals surface area contributed by atoms with Crippen molar-refractivity contribution in [3.63, 3.8) is 0 Å². The Morgan fingerprint density at radius 1 is 1.30 bits per heavy atom. The van der Waals surface area contributed by atoms with Crippen molar-refractivity contribution in [1.82, 2.24) is 0 Å². The Labute approximate surface area is 185 Å². The molecule has 2 atom stereocenters. The van der Waals surface area contributed by atoms with E-state index in [1.54, 1.807) is 11.3 Å². The molecule has 1 saturated heterocycles. The molecule has 1 aromatic rings. The number of epoxide rings is 1. The summed E-state index contributed by atoms with van der Waals surface area (Å²) in [6.45, 7) is 11.7. The maximum absolute atomic E-state index is 13.9. The summed E-state index contributed by atoms with van der Waals surface area (Å²) >= 11 is 1.66. The first-order chi connectivity index (χ1) is 14.2. The topological polar surface area (TPSA) is 32.8 Å². The summed E-state index contributed by atoms with van der Waals surface area (Å²) < 4.78 is 5.72. The lowest BCUT2D eigenvalue weighted by molar-refractivity contribution is -0.124. The van der Waals surface area contributed by atoms with Gasteiger partial charge in [0.1, 0.15) is 0 Å². The number of carbonyl (C=O) groups excluding carboxylic acids is 1. The summed E-state index contributed by atoms with van der Waals surface area (Å²) in [5.74, 6) is 7.42. The van der Waals surface area contributed by atoms with E-state index in [-0.39, 0.29) is 23.0 Å². The number of carbonyl (C=O) groups is 1. The van der Waals surface area contributed by atoms with Gasteiger partial charge in [0, 0.05) is 22.8 Å². The van der Waals surface area contributed by atoms with Crippen molar-refractivity contribution in [3.05, 3.63) is 28.0 Å². The number of nitrogens with zero attached hydrogens (tertiary/aromatic N) is 1. The second-order valence-corrected chi connectivity index (χ2v) is 11.6. The van der Waals surface area contributed by atoms with Gasteiger partial charge >= 0.3 is 0 Å². The number of ether oxygens (including phenoxy) is 1. The smallest absolute Gasteiger partial charge is 0.230 e. The van der Waals surface area contributed by atoms with Crippen molar-refractivity contribution in [2.75, 3.05) is 11.5 Å². The van der Waals surface area contributed by atoms with E-state index in [2.05, 4.69) is 68.9 Å². The number of amides is 1. The number of anilines is 1. The summed E-state index contributed by atoms with van der Waals surface area (Å²) in [5, 5.41) is 2.14. The average Bonchev–Trinajstić information content (AvgIpc) is 3.26. The van der Waals surface area contributed by atoms with Gasteiger partial charge in [-0.1, -0.05) is 30.4 Å². The number of allylic oxidation sites excluding steroid dienone is 2. The van der Waals surface area contributed by atoms with Crippen molar-refractivity contribution in [3.8, 4) is 11.8 Å². The molecule has 2 heterocycles. The summed E-state index contributed by atoms with van der Waals surface area (Å²) in [5.41, 5.74) is 2.57. The van der Waals surface area contributed by atoms with E-state index in [4.69, 9.17) is 4.74 Å². The second-order valence-electron chi connectivity index (χ2n) is 10.7. The Kier molecular flexibility index (Phi) is 5.90. The van der Waals surface area contributed by atoms with E-state index in [0.29, 0.717) is 11.8 Å². The first-order valence-electron chi connectivity index (χ1n) is 11.4. The molecule has 0 N–H and O–H groups in total. The molecule has 4 rings (SSSR count). The van der Waals surface area contributed by atoms with Crippen molar-refractivity contribution in [2.24, 2.45) is 17.3 Å². The standard InChI is InChI=1S/C26H35NO2S/c1-18-6-7-23(19(2)14-18)24(28)27(20-8-12-26(13-9-20)17-29-26)21-15-22(30-16-21)10-11-25(3,4)5/h6,15-16,19-20,23H,7-9,12-14,17H2,1-5H3/t19-,20-,23-,26-/m0/s1. The minimum atomic E-state index is -0.0245. The molecule has 0 aromatic carbocycles. The maximum atomic E-state index is 13.9. The Morgan fingerprint density at radius 3 is 2.60 bits per heavy atom.